The Bertz CT molecular complexity index is 573. The Morgan fingerprint density at radius 2 is 1.91 bits per heavy atom. The van der Waals surface area contributed by atoms with E-state index in [0.717, 1.165) is 25.1 Å². The molecule has 1 fully saturated rings. The first-order valence-electron chi connectivity index (χ1n) is 8.59. The molecule has 1 amide bonds. The Morgan fingerprint density at radius 1 is 1.14 bits per heavy atom. The van der Waals surface area contributed by atoms with Crippen LogP contribution in [0.1, 0.15) is 67.8 Å². The van der Waals surface area contributed by atoms with E-state index in [1.54, 1.807) is 6.92 Å². The van der Waals surface area contributed by atoms with Crippen molar-refractivity contribution in [3.05, 3.63) is 29.3 Å². The minimum absolute atomic E-state index is 0.0630. The summed E-state index contributed by atoms with van der Waals surface area (Å²) < 4.78 is 0. The summed E-state index contributed by atoms with van der Waals surface area (Å²) in [6.07, 6.45) is 8.93. The summed E-state index contributed by atoms with van der Waals surface area (Å²) in [4.78, 5) is 26.3. The molecule has 0 aromatic heterocycles. The van der Waals surface area contributed by atoms with Crippen LogP contribution in [0.25, 0.3) is 0 Å². The highest BCUT2D eigenvalue weighted by Crippen LogP contribution is 2.32. The molecule has 1 aromatic carbocycles. The first-order valence-corrected chi connectivity index (χ1v) is 8.59. The number of ketones is 1. The fourth-order valence-corrected chi connectivity index (χ4v) is 3.80. The smallest absolute Gasteiger partial charge is 0.227 e. The van der Waals surface area contributed by atoms with Crippen molar-refractivity contribution in [2.75, 3.05) is 11.4 Å². The predicted molar refractivity (Wildman–Crippen MR) is 88.3 cm³/mol. The van der Waals surface area contributed by atoms with Crippen LogP contribution in [0.4, 0.5) is 5.69 Å². The third kappa shape index (κ3) is 3.23. The van der Waals surface area contributed by atoms with E-state index in [1.165, 1.54) is 37.7 Å². The highest BCUT2D eigenvalue weighted by molar-refractivity contribution is 5.99. The van der Waals surface area contributed by atoms with Gasteiger partial charge in [-0.3, -0.25) is 9.59 Å². The SMILES string of the molecule is CC(=O)c1ccc2c(c1)N(C(=O)CC1CCCCC1)CCC2. The van der Waals surface area contributed by atoms with Crippen molar-refractivity contribution in [2.45, 2.75) is 58.3 Å². The molecule has 1 aliphatic carbocycles. The van der Waals surface area contributed by atoms with Crippen molar-refractivity contribution in [3.8, 4) is 0 Å². The van der Waals surface area contributed by atoms with Gasteiger partial charge in [-0.25, -0.2) is 0 Å². The molecule has 3 heteroatoms. The van der Waals surface area contributed by atoms with Crippen LogP contribution < -0.4 is 4.90 Å². The molecule has 0 radical (unpaired) electrons. The fraction of sp³-hybridized carbons (Fsp3) is 0.579. The molecule has 1 heterocycles. The molecular formula is C19H25NO2. The molecule has 0 saturated heterocycles. The Labute approximate surface area is 132 Å². The summed E-state index contributed by atoms with van der Waals surface area (Å²) in [5.41, 5.74) is 2.88. The molecule has 0 unspecified atom stereocenters. The van der Waals surface area contributed by atoms with Crippen LogP contribution in [0.2, 0.25) is 0 Å². The van der Waals surface area contributed by atoms with Crippen LogP contribution in [0.3, 0.4) is 0 Å². The number of amides is 1. The molecule has 3 nitrogen and oxygen atoms in total. The molecule has 0 atom stereocenters. The lowest BCUT2D eigenvalue weighted by molar-refractivity contribution is -0.119. The molecule has 0 N–H and O–H groups in total. The molecule has 0 bridgehead atoms. The Balaban J connectivity index is 1.78. The number of carbonyl (C=O) groups excluding carboxylic acids is 2. The number of aryl methyl sites for hydroxylation is 1. The van der Waals surface area contributed by atoms with Gasteiger partial charge in [0.25, 0.3) is 0 Å². The molecule has 1 saturated carbocycles. The van der Waals surface area contributed by atoms with Gasteiger partial charge in [-0.1, -0.05) is 31.4 Å². The lowest BCUT2D eigenvalue weighted by Crippen LogP contribution is -2.36. The van der Waals surface area contributed by atoms with Gasteiger partial charge >= 0.3 is 0 Å². The first kappa shape index (κ1) is 15.3. The van der Waals surface area contributed by atoms with Crippen molar-refractivity contribution in [3.63, 3.8) is 0 Å². The summed E-state index contributed by atoms with van der Waals surface area (Å²) in [7, 11) is 0. The van der Waals surface area contributed by atoms with E-state index in [9.17, 15) is 9.59 Å². The van der Waals surface area contributed by atoms with E-state index in [0.29, 0.717) is 17.9 Å². The molecular weight excluding hydrogens is 274 g/mol. The van der Waals surface area contributed by atoms with Gasteiger partial charge < -0.3 is 4.90 Å². The normalized spacial score (nSPS) is 18.9. The maximum Gasteiger partial charge on any atom is 0.227 e. The lowest BCUT2D eigenvalue weighted by atomic mass is 9.86. The molecule has 3 rings (SSSR count). The summed E-state index contributed by atoms with van der Waals surface area (Å²) in [5, 5.41) is 0. The molecule has 0 spiro atoms. The Kier molecular flexibility index (Phi) is 4.60. The number of hydrogen-bond acceptors (Lipinski definition) is 2. The van der Waals surface area contributed by atoms with Crippen molar-refractivity contribution in [2.24, 2.45) is 5.92 Å². The van der Waals surface area contributed by atoms with Gasteiger partial charge in [0.05, 0.1) is 0 Å². The summed E-state index contributed by atoms with van der Waals surface area (Å²) >= 11 is 0. The second kappa shape index (κ2) is 6.64. The maximum atomic E-state index is 12.8. The number of rotatable bonds is 3. The fourth-order valence-electron chi connectivity index (χ4n) is 3.80. The topological polar surface area (TPSA) is 37.4 Å². The van der Waals surface area contributed by atoms with E-state index in [-0.39, 0.29) is 11.7 Å². The van der Waals surface area contributed by atoms with E-state index in [1.807, 2.05) is 23.1 Å². The highest BCUT2D eigenvalue weighted by Gasteiger charge is 2.26. The third-order valence-corrected chi connectivity index (χ3v) is 5.10. The number of hydrogen-bond donors (Lipinski definition) is 0. The van der Waals surface area contributed by atoms with Crippen molar-refractivity contribution >= 4 is 17.4 Å². The zero-order valence-corrected chi connectivity index (χ0v) is 13.4. The largest absolute Gasteiger partial charge is 0.312 e. The van der Waals surface area contributed by atoms with Crippen LogP contribution in [-0.4, -0.2) is 18.2 Å². The standard InChI is InChI=1S/C19H25NO2/c1-14(21)17-10-9-16-8-5-11-20(18(16)13-17)19(22)12-15-6-3-2-4-7-15/h9-10,13,15H,2-8,11-12H2,1H3. The van der Waals surface area contributed by atoms with Crippen LogP contribution in [-0.2, 0) is 11.2 Å². The molecule has 22 heavy (non-hydrogen) atoms. The molecule has 118 valence electrons. The second-order valence-corrected chi connectivity index (χ2v) is 6.76. The quantitative estimate of drug-likeness (QED) is 0.787. The van der Waals surface area contributed by atoms with Gasteiger partial charge in [0.15, 0.2) is 5.78 Å². The summed E-state index contributed by atoms with van der Waals surface area (Å²) in [6.45, 7) is 2.37. The van der Waals surface area contributed by atoms with E-state index < -0.39 is 0 Å². The summed E-state index contributed by atoms with van der Waals surface area (Å²) in [6, 6.07) is 5.82. The Hall–Kier alpha value is -1.64. The average Bonchev–Trinajstić information content (AvgIpc) is 2.54. The van der Waals surface area contributed by atoms with Crippen molar-refractivity contribution in [1.29, 1.82) is 0 Å². The Morgan fingerprint density at radius 3 is 2.64 bits per heavy atom. The molecule has 1 aromatic rings. The molecule has 1 aliphatic heterocycles. The number of anilines is 1. The van der Waals surface area contributed by atoms with Gasteiger partial charge in [0.2, 0.25) is 5.91 Å². The van der Waals surface area contributed by atoms with Crippen LogP contribution in [0.5, 0.6) is 0 Å². The molecule has 2 aliphatic rings. The van der Waals surface area contributed by atoms with E-state index >= 15 is 0 Å². The van der Waals surface area contributed by atoms with E-state index in [4.69, 9.17) is 0 Å². The first-order chi connectivity index (χ1) is 10.6. The highest BCUT2D eigenvalue weighted by atomic mass is 16.2. The van der Waals surface area contributed by atoms with Crippen LogP contribution >= 0.6 is 0 Å². The van der Waals surface area contributed by atoms with Gasteiger partial charge in [-0.15, -0.1) is 0 Å². The number of Topliss-reactive ketones (excluding diaryl/α,β-unsaturated/α-hetero) is 1. The number of nitrogens with zero attached hydrogens (tertiary/aromatic N) is 1. The second-order valence-electron chi connectivity index (χ2n) is 6.76. The monoisotopic (exact) mass is 299 g/mol. The van der Waals surface area contributed by atoms with Crippen LogP contribution in [0.15, 0.2) is 18.2 Å². The lowest BCUT2D eigenvalue weighted by Gasteiger charge is -2.32. The van der Waals surface area contributed by atoms with Gasteiger partial charge in [-0.2, -0.15) is 0 Å². The van der Waals surface area contributed by atoms with Gasteiger partial charge in [0, 0.05) is 24.2 Å². The van der Waals surface area contributed by atoms with E-state index in [2.05, 4.69) is 0 Å². The average molecular weight is 299 g/mol. The third-order valence-electron chi connectivity index (χ3n) is 5.10. The number of fused-ring (bicyclic) bond motifs is 1. The van der Waals surface area contributed by atoms with Crippen molar-refractivity contribution < 1.29 is 9.59 Å². The minimum Gasteiger partial charge on any atom is -0.312 e. The minimum atomic E-state index is 0.0630. The number of carbonyl (C=O) groups is 2. The zero-order valence-electron chi connectivity index (χ0n) is 13.4. The maximum absolute atomic E-state index is 12.8. The van der Waals surface area contributed by atoms with Crippen LogP contribution in [0, 0.1) is 5.92 Å². The summed E-state index contributed by atoms with van der Waals surface area (Å²) in [5.74, 6) is 0.865. The zero-order chi connectivity index (χ0) is 15.5. The predicted octanol–water partition coefficient (Wildman–Crippen LogP) is 4.14. The van der Waals surface area contributed by atoms with Gasteiger partial charge in [0.1, 0.15) is 0 Å². The number of benzene rings is 1. The van der Waals surface area contributed by atoms with Gasteiger partial charge in [-0.05, 0) is 50.2 Å². The van der Waals surface area contributed by atoms with Crippen molar-refractivity contribution in [1.82, 2.24) is 0 Å².